The Kier molecular flexibility index (Phi) is 12.7. The monoisotopic (exact) mass is 328 g/mol. The summed E-state index contributed by atoms with van der Waals surface area (Å²) in [6, 6.07) is 0. The molecule has 0 spiro atoms. The molecule has 0 aliphatic rings. The Balaban J connectivity index is 3.58. The molecule has 0 aromatic heterocycles. The standard InChI is InChI=1S/C18H36N2O3/c1-5-19-16(21)10-8-7-9-14-20-17(22)11-12-18(3,4)13-15-23-6-2/h5-15H2,1-4H3,(H,19,21)(H,20,22). The Morgan fingerprint density at radius 1 is 0.913 bits per heavy atom. The second kappa shape index (κ2) is 13.3. The number of nitrogens with one attached hydrogen (secondary N) is 2. The molecule has 0 saturated carbocycles. The van der Waals surface area contributed by atoms with Crippen LogP contribution in [0.25, 0.3) is 0 Å². The maximum absolute atomic E-state index is 11.8. The molecule has 136 valence electrons. The summed E-state index contributed by atoms with van der Waals surface area (Å²) < 4.78 is 5.38. The molecule has 5 nitrogen and oxygen atoms in total. The quantitative estimate of drug-likeness (QED) is 0.482. The van der Waals surface area contributed by atoms with Crippen LogP contribution < -0.4 is 10.6 Å². The van der Waals surface area contributed by atoms with Crippen LogP contribution in [-0.4, -0.2) is 38.1 Å². The summed E-state index contributed by atoms with van der Waals surface area (Å²) in [5.74, 6) is 0.240. The van der Waals surface area contributed by atoms with Crippen LogP contribution in [0.15, 0.2) is 0 Å². The number of amides is 2. The van der Waals surface area contributed by atoms with Crippen molar-refractivity contribution >= 4 is 11.8 Å². The molecular formula is C18H36N2O3. The minimum atomic E-state index is 0.116. The third kappa shape index (κ3) is 14.2. The first kappa shape index (κ1) is 21.9. The first-order valence-corrected chi connectivity index (χ1v) is 9.02. The largest absolute Gasteiger partial charge is 0.382 e. The van der Waals surface area contributed by atoms with E-state index in [-0.39, 0.29) is 17.2 Å². The van der Waals surface area contributed by atoms with Crippen molar-refractivity contribution in [2.75, 3.05) is 26.3 Å². The summed E-state index contributed by atoms with van der Waals surface area (Å²) in [4.78, 5) is 23.1. The van der Waals surface area contributed by atoms with E-state index in [1.54, 1.807) is 0 Å². The highest BCUT2D eigenvalue weighted by Crippen LogP contribution is 2.26. The number of hydrogen-bond donors (Lipinski definition) is 2. The van der Waals surface area contributed by atoms with Gasteiger partial charge in [-0.15, -0.1) is 0 Å². The van der Waals surface area contributed by atoms with Crippen molar-refractivity contribution in [1.82, 2.24) is 10.6 Å². The third-order valence-corrected chi connectivity index (χ3v) is 3.93. The SMILES string of the molecule is CCNC(=O)CCCCCNC(=O)CCC(C)(C)CCOCC. The van der Waals surface area contributed by atoms with E-state index >= 15 is 0 Å². The highest BCUT2D eigenvalue weighted by molar-refractivity contribution is 5.76. The zero-order valence-corrected chi connectivity index (χ0v) is 15.5. The lowest BCUT2D eigenvalue weighted by atomic mass is 9.84. The maximum atomic E-state index is 11.8. The average molecular weight is 328 g/mol. The average Bonchev–Trinajstić information content (AvgIpc) is 2.49. The van der Waals surface area contributed by atoms with Gasteiger partial charge in [-0.05, 0) is 44.9 Å². The summed E-state index contributed by atoms with van der Waals surface area (Å²) in [6.07, 6.45) is 5.78. The third-order valence-electron chi connectivity index (χ3n) is 3.93. The van der Waals surface area contributed by atoms with Crippen molar-refractivity contribution in [3.8, 4) is 0 Å². The van der Waals surface area contributed by atoms with Crippen LogP contribution in [0.5, 0.6) is 0 Å². The van der Waals surface area contributed by atoms with Gasteiger partial charge in [0.15, 0.2) is 0 Å². The lowest BCUT2D eigenvalue weighted by molar-refractivity contribution is -0.122. The molecule has 0 saturated heterocycles. The van der Waals surface area contributed by atoms with Gasteiger partial charge < -0.3 is 15.4 Å². The molecule has 5 heteroatoms. The van der Waals surface area contributed by atoms with E-state index in [4.69, 9.17) is 4.74 Å². The van der Waals surface area contributed by atoms with Gasteiger partial charge in [-0.1, -0.05) is 20.3 Å². The second-order valence-corrected chi connectivity index (χ2v) is 6.73. The minimum absolute atomic E-state index is 0.116. The van der Waals surface area contributed by atoms with Crippen molar-refractivity contribution < 1.29 is 14.3 Å². The molecular weight excluding hydrogens is 292 g/mol. The van der Waals surface area contributed by atoms with E-state index in [0.717, 1.165) is 45.3 Å². The van der Waals surface area contributed by atoms with Gasteiger partial charge in [-0.25, -0.2) is 0 Å². The molecule has 0 bridgehead atoms. The van der Waals surface area contributed by atoms with E-state index in [1.807, 2.05) is 13.8 Å². The van der Waals surface area contributed by atoms with E-state index < -0.39 is 0 Å². The summed E-state index contributed by atoms with van der Waals surface area (Å²) in [5.41, 5.74) is 0.138. The highest BCUT2D eigenvalue weighted by atomic mass is 16.5. The molecule has 0 radical (unpaired) electrons. The Hall–Kier alpha value is -1.10. The van der Waals surface area contributed by atoms with E-state index in [2.05, 4.69) is 24.5 Å². The molecule has 0 aromatic rings. The molecule has 0 heterocycles. The van der Waals surface area contributed by atoms with Crippen LogP contribution in [0.4, 0.5) is 0 Å². The van der Waals surface area contributed by atoms with Crippen molar-refractivity contribution in [2.24, 2.45) is 5.41 Å². The fourth-order valence-electron chi connectivity index (χ4n) is 2.26. The van der Waals surface area contributed by atoms with Crippen molar-refractivity contribution in [3.63, 3.8) is 0 Å². The normalized spacial score (nSPS) is 11.3. The Morgan fingerprint density at radius 2 is 1.61 bits per heavy atom. The second-order valence-electron chi connectivity index (χ2n) is 6.73. The Bertz CT molecular complexity index is 330. The summed E-state index contributed by atoms with van der Waals surface area (Å²) in [7, 11) is 0. The van der Waals surface area contributed by atoms with E-state index in [0.29, 0.717) is 25.9 Å². The zero-order chi connectivity index (χ0) is 17.6. The van der Waals surface area contributed by atoms with Gasteiger partial charge in [-0.3, -0.25) is 9.59 Å². The summed E-state index contributed by atoms with van der Waals surface area (Å²) in [6.45, 7) is 11.2. The van der Waals surface area contributed by atoms with Crippen molar-refractivity contribution in [3.05, 3.63) is 0 Å². The first-order chi connectivity index (χ1) is 10.9. The van der Waals surface area contributed by atoms with Crippen LogP contribution in [-0.2, 0) is 14.3 Å². The minimum Gasteiger partial charge on any atom is -0.382 e. The molecule has 2 amide bonds. The number of carbonyl (C=O) groups excluding carboxylic acids is 2. The molecule has 0 aliphatic carbocycles. The van der Waals surface area contributed by atoms with Gasteiger partial charge in [0.05, 0.1) is 0 Å². The molecule has 0 aliphatic heterocycles. The number of unbranched alkanes of at least 4 members (excludes halogenated alkanes) is 2. The molecule has 23 heavy (non-hydrogen) atoms. The fraction of sp³-hybridized carbons (Fsp3) is 0.889. The molecule has 0 aromatic carbocycles. The van der Waals surface area contributed by atoms with Crippen molar-refractivity contribution in [1.29, 1.82) is 0 Å². The summed E-state index contributed by atoms with van der Waals surface area (Å²) in [5, 5.41) is 5.75. The number of ether oxygens (including phenoxy) is 1. The fourth-order valence-corrected chi connectivity index (χ4v) is 2.26. The highest BCUT2D eigenvalue weighted by Gasteiger charge is 2.18. The van der Waals surface area contributed by atoms with Gasteiger partial charge >= 0.3 is 0 Å². The number of rotatable bonds is 14. The van der Waals surface area contributed by atoms with Gasteiger partial charge in [0.2, 0.25) is 11.8 Å². The summed E-state index contributed by atoms with van der Waals surface area (Å²) >= 11 is 0. The predicted molar refractivity (Wildman–Crippen MR) is 94.3 cm³/mol. The molecule has 0 rings (SSSR count). The maximum Gasteiger partial charge on any atom is 0.220 e. The predicted octanol–water partition coefficient (Wildman–Crippen LogP) is 3.03. The van der Waals surface area contributed by atoms with E-state index in [9.17, 15) is 9.59 Å². The topological polar surface area (TPSA) is 67.4 Å². The van der Waals surface area contributed by atoms with Crippen LogP contribution in [0.2, 0.25) is 0 Å². The van der Waals surface area contributed by atoms with Crippen LogP contribution in [0, 0.1) is 5.41 Å². The number of hydrogen-bond acceptors (Lipinski definition) is 3. The van der Waals surface area contributed by atoms with Crippen LogP contribution >= 0.6 is 0 Å². The van der Waals surface area contributed by atoms with Crippen LogP contribution in [0.3, 0.4) is 0 Å². The van der Waals surface area contributed by atoms with E-state index in [1.165, 1.54) is 0 Å². The Labute approximate surface area is 141 Å². The number of carbonyl (C=O) groups is 2. The van der Waals surface area contributed by atoms with Gasteiger partial charge in [0.25, 0.3) is 0 Å². The van der Waals surface area contributed by atoms with Crippen molar-refractivity contribution in [2.45, 2.75) is 72.6 Å². The lowest BCUT2D eigenvalue weighted by Crippen LogP contribution is -2.26. The molecule has 0 fully saturated rings. The molecule has 0 atom stereocenters. The first-order valence-electron chi connectivity index (χ1n) is 9.02. The zero-order valence-electron chi connectivity index (χ0n) is 15.5. The van der Waals surface area contributed by atoms with Gasteiger partial charge in [0, 0.05) is 39.1 Å². The Morgan fingerprint density at radius 3 is 2.26 bits per heavy atom. The molecule has 2 N–H and O–H groups in total. The smallest absolute Gasteiger partial charge is 0.220 e. The van der Waals surface area contributed by atoms with Gasteiger partial charge in [0.1, 0.15) is 0 Å². The molecule has 0 unspecified atom stereocenters. The lowest BCUT2D eigenvalue weighted by Gasteiger charge is -2.24. The van der Waals surface area contributed by atoms with Crippen LogP contribution in [0.1, 0.15) is 72.6 Å². The van der Waals surface area contributed by atoms with Gasteiger partial charge in [-0.2, -0.15) is 0 Å².